The van der Waals surface area contributed by atoms with Crippen LogP contribution in [-0.2, 0) is 11.3 Å². The van der Waals surface area contributed by atoms with E-state index in [4.69, 9.17) is 0 Å². The van der Waals surface area contributed by atoms with Crippen LogP contribution >= 0.6 is 24.8 Å². The van der Waals surface area contributed by atoms with Gasteiger partial charge in [-0.05, 0) is 56.5 Å². The third kappa shape index (κ3) is 5.37. The zero-order valence-corrected chi connectivity index (χ0v) is 14.9. The van der Waals surface area contributed by atoms with Crippen molar-refractivity contribution in [2.45, 2.75) is 32.7 Å². The van der Waals surface area contributed by atoms with Crippen LogP contribution in [0.5, 0.6) is 0 Å². The highest BCUT2D eigenvalue weighted by molar-refractivity contribution is 5.85. The molecule has 0 aromatic carbocycles. The Morgan fingerprint density at radius 3 is 3.04 bits per heavy atom. The third-order valence-corrected chi connectivity index (χ3v) is 4.07. The van der Waals surface area contributed by atoms with E-state index in [1.54, 1.807) is 0 Å². The van der Waals surface area contributed by atoms with Gasteiger partial charge in [0, 0.05) is 18.8 Å². The summed E-state index contributed by atoms with van der Waals surface area (Å²) in [4.78, 5) is 16.4. The van der Waals surface area contributed by atoms with Gasteiger partial charge in [0.1, 0.15) is 5.65 Å². The minimum atomic E-state index is 0. The van der Waals surface area contributed by atoms with Crippen LogP contribution < -0.4 is 10.6 Å². The van der Waals surface area contributed by atoms with E-state index in [2.05, 4.69) is 15.6 Å². The lowest BCUT2D eigenvalue weighted by Gasteiger charge is -2.07. The second-order valence-corrected chi connectivity index (χ2v) is 5.88. The van der Waals surface area contributed by atoms with Gasteiger partial charge in [0.05, 0.1) is 12.2 Å². The molecule has 2 aromatic heterocycles. The first-order valence-electron chi connectivity index (χ1n) is 7.62. The van der Waals surface area contributed by atoms with Gasteiger partial charge in [-0.25, -0.2) is 4.98 Å². The number of pyridine rings is 1. The highest BCUT2D eigenvalue weighted by atomic mass is 35.5. The van der Waals surface area contributed by atoms with E-state index in [0.717, 1.165) is 30.9 Å². The molecule has 0 bridgehead atoms. The number of aromatic nitrogens is 2. The summed E-state index contributed by atoms with van der Waals surface area (Å²) in [5.74, 6) is 0.782. The van der Waals surface area contributed by atoms with Gasteiger partial charge < -0.3 is 15.0 Å². The Balaban J connectivity index is 0.00000132. The van der Waals surface area contributed by atoms with E-state index >= 15 is 0 Å². The van der Waals surface area contributed by atoms with Crippen molar-refractivity contribution >= 4 is 36.4 Å². The number of fused-ring (bicyclic) bond motifs is 1. The zero-order chi connectivity index (χ0) is 14.7. The van der Waals surface area contributed by atoms with E-state index in [0.29, 0.717) is 18.9 Å². The van der Waals surface area contributed by atoms with Gasteiger partial charge in [-0.15, -0.1) is 24.8 Å². The summed E-state index contributed by atoms with van der Waals surface area (Å²) in [5, 5.41) is 6.29. The number of carbonyl (C=O) groups excluding carboxylic acids is 1. The van der Waals surface area contributed by atoms with Crippen LogP contribution in [0.3, 0.4) is 0 Å². The van der Waals surface area contributed by atoms with Crippen molar-refractivity contribution in [3.63, 3.8) is 0 Å². The van der Waals surface area contributed by atoms with Crippen LogP contribution in [0.2, 0.25) is 0 Å². The van der Waals surface area contributed by atoms with Gasteiger partial charge in [0.15, 0.2) is 0 Å². The second-order valence-electron chi connectivity index (χ2n) is 5.88. The second kappa shape index (κ2) is 9.11. The summed E-state index contributed by atoms with van der Waals surface area (Å²) in [5.41, 5.74) is 3.02. The lowest BCUT2D eigenvalue weighted by Crippen LogP contribution is -2.23. The molecule has 1 saturated heterocycles. The molecule has 0 radical (unpaired) electrons. The zero-order valence-electron chi connectivity index (χ0n) is 13.2. The maximum absolute atomic E-state index is 11.9. The van der Waals surface area contributed by atoms with Crippen LogP contribution in [0.4, 0.5) is 0 Å². The molecule has 1 atom stereocenters. The standard InChI is InChI=1S/C16H22N4O.2ClH/c1-12-5-7-20-11-14(19-15(20)8-12)10-18-16(21)3-2-13-4-6-17-9-13;;/h5,7-8,11,13,17H,2-4,6,9-10H2,1H3,(H,18,21);2*1H. The average molecular weight is 359 g/mol. The Hall–Kier alpha value is -1.30. The van der Waals surface area contributed by atoms with Crippen molar-refractivity contribution in [2.75, 3.05) is 13.1 Å². The molecule has 1 aliphatic heterocycles. The molecule has 1 unspecified atom stereocenters. The summed E-state index contributed by atoms with van der Waals surface area (Å²) in [6.45, 7) is 4.70. The lowest BCUT2D eigenvalue weighted by molar-refractivity contribution is -0.121. The fourth-order valence-electron chi connectivity index (χ4n) is 2.80. The van der Waals surface area contributed by atoms with E-state index < -0.39 is 0 Å². The van der Waals surface area contributed by atoms with Crippen molar-refractivity contribution in [1.29, 1.82) is 0 Å². The summed E-state index contributed by atoms with van der Waals surface area (Å²) in [6, 6.07) is 4.09. The molecule has 23 heavy (non-hydrogen) atoms. The number of halogens is 2. The largest absolute Gasteiger partial charge is 0.350 e. The number of hydrogen-bond donors (Lipinski definition) is 2. The monoisotopic (exact) mass is 358 g/mol. The molecular formula is C16H24Cl2N4O. The topological polar surface area (TPSA) is 58.4 Å². The van der Waals surface area contributed by atoms with Crippen molar-refractivity contribution in [3.05, 3.63) is 35.8 Å². The average Bonchev–Trinajstić information content (AvgIpc) is 3.11. The first-order valence-corrected chi connectivity index (χ1v) is 7.62. The molecular weight excluding hydrogens is 335 g/mol. The fraction of sp³-hybridized carbons (Fsp3) is 0.500. The summed E-state index contributed by atoms with van der Waals surface area (Å²) in [6.07, 6.45) is 6.74. The molecule has 2 aromatic rings. The molecule has 7 heteroatoms. The van der Waals surface area contributed by atoms with Crippen molar-refractivity contribution in [3.8, 4) is 0 Å². The van der Waals surface area contributed by atoms with E-state index in [-0.39, 0.29) is 30.7 Å². The number of carbonyl (C=O) groups is 1. The van der Waals surface area contributed by atoms with Crippen LogP contribution in [0.15, 0.2) is 24.5 Å². The molecule has 0 saturated carbocycles. The Morgan fingerprint density at radius 2 is 2.30 bits per heavy atom. The summed E-state index contributed by atoms with van der Waals surface area (Å²) >= 11 is 0. The first kappa shape index (κ1) is 19.7. The number of nitrogens with one attached hydrogen (secondary N) is 2. The van der Waals surface area contributed by atoms with E-state index in [9.17, 15) is 4.79 Å². The lowest BCUT2D eigenvalue weighted by atomic mass is 10.0. The molecule has 0 aliphatic carbocycles. The Labute approximate surface area is 149 Å². The highest BCUT2D eigenvalue weighted by Crippen LogP contribution is 2.14. The molecule has 3 heterocycles. The van der Waals surface area contributed by atoms with Gasteiger partial charge in [-0.2, -0.15) is 0 Å². The number of nitrogens with zero attached hydrogens (tertiary/aromatic N) is 2. The van der Waals surface area contributed by atoms with Crippen molar-refractivity contribution in [2.24, 2.45) is 5.92 Å². The molecule has 1 aliphatic rings. The normalized spacial score (nSPS) is 16.7. The molecule has 0 spiro atoms. The summed E-state index contributed by atoms with van der Waals surface area (Å²) in [7, 11) is 0. The molecule has 128 valence electrons. The van der Waals surface area contributed by atoms with Crippen LogP contribution in [0.1, 0.15) is 30.5 Å². The maximum atomic E-state index is 11.9. The number of amides is 1. The first-order chi connectivity index (χ1) is 10.2. The molecule has 2 N–H and O–H groups in total. The molecule has 1 fully saturated rings. The Kier molecular flexibility index (Phi) is 7.82. The minimum absolute atomic E-state index is 0. The highest BCUT2D eigenvalue weighted by Gasteiger charge is 2.15. The van der Waals surface area contributed by atoms with E-state index in [1.807, 2.05) is 35.9 Å². The number of aryl methyl sites for hydroxylation is 1. The molecule has 5 nitrogen and oxygen atoms in total. The minimum Gasteiger partial charge on any atom is -0.350 e. The molecule has 3 rings (SSSR count). The van der Waals surface area contributed by atoms with Crippen molar-refractivity contribution in [1.82, 2.24) is 20.0 Å². The summed E-state index contributed by atoms with van der Waals surface area (Å²) < 4.78 is 1.98. The van der Waals surface area contributed by atoms with Gasteiger partial charge >= 0.3 is 0 Å². The van der Waals surface area contributed by atoms with Gasteiger partial charge in [-0.3, -0.25) is 4.79 Å². The van der Waals surface area contributed by atoms with Gasteiger partial charge in [-0.1, -0.05) is 0 Å². The number of rotatable bonds is 5. The number of imidazole rings is 1. The fourth-order valence-corrected chi connectivity index (χ4v) is 2.80. The Morgan fingerprint density at radius 1 is 1.48 bits per heavy atom. The SMILES string of the molecule is Cc1ccn2cc(CNC(=O)CCC3CCNC3)nc2c1.Cl.Cl. The predicted octanol–water partition coefficient (Wildman–Crippen LogP) is 2.49. The van der Waals surface area contributed by atoms with Crippen LogP contribution in [0, 0.1) is 12.8 Å². The van der Waals surface area contributed by atoms with Crippen LogP contribution in [0.25, 0.3) is 5.65 Å². The van der Waals surface area contributed by atoms with Gasteiger partial charge in [0.2, 0.25) is 5.91 Å². The third-order valence-electron chi connectivity index (χ3n) is 4.07. The quantitative estimate of drug-likeness (QED) is 0.863. The smallest absolute Gasteiger partial charge is 0.220 e. The Bertz CT molecular complexity index is 638. The maximum Gasteiger partial charge on any atom is 0.220 e. The van der Waals surface area contributed by atoms with Gasteiger partial charge in [0.25, 0.3) is 0 Å². The molecule has 1 amide bonds. The predicted molar refractivity (Wildman–Crippen MR) is 96.5 cm³/mol. The van der Waals surface area contributed by atoms with E-state index in [1.165, 1.54) is 12.0 Å². The number of hydrogen-bond acceptors (Lipinski definition) is 3. The van der Waals surface area contributed by atoms with Crippen molar-refractivity contribution < 1.29 is 4.79 Å². The van der Waals surface area contributed by atoms with Crippen LogP contribution in [-0.4, -0.2) is 28.4 Å².